The van der Waals surface area contributed by atoms with Gasteiger partial charge in [-0.05, 0) is 39.8 Å². The lowest BCUT2D eigenvalue weighted by Gasteiger charge is -2.15. The fraction of sp³-hybridized carbons (Fsp3) is 0.571. The minimum atomic E-state index is -0.000212. The molecule has 1 amide bonds. The number of nitrogens with one attached hydrogen (secondary N) is 2. The lowest BCUT2D eigenvalue weighted by molar-refractivity contribution is -0.121. The molecule has 0 bridgehead atoms. The average Bonchev–Trinajstić information content (AvgIpc) is 3.02. The number of rotatable bonds is 6. The number of hydrogen-bond donors (Lipinski definition) is 2. The fourth-order valence-electron chi connectivity index (χ4n) is 2.15. The maximum Gasteiger partial charge on any atom is 0.234 e. The molecule has 0 aromatic carbocycles. The quantitative estimate of drug-likeness (QED) is 0.753. The van der Waals surface area contributed by atoms with E-state index in [4.69, 9.17) is 0 Å². The molecule has 0 aliphatic heterocycles. The van der Waals surface area contributed by atoms with Crippen molar-refractivity contribution in [2.24, 2.45) is 0 Å². The monoisotopic (exact) mass is 263 g/mol. The number of likely N-dealkylation sites (N-methyl/N-ethyl adjacent to an activating group) is 1. The van der Waals surface area contributed by atoms with E-state index in [9.17, 15) is 9.59 Å². The van der Waals surface area contributed by atoms with Crippen LogP contribution in [0.15, 0.2) is 6.07 Å². The van der Waals surface area contributed by atoms with Gasteiger partial charge >= 0.3 is 0 Å². The molecule has 0 saturated heterocycles. The number of aryl methyl sites for hydroxylation is 2. The zero-order valence-corrected chi connectivity index (χ0v) is 11.7. The molecular formula is C14H21N3O2. The Morgan fingerprint density at radius 2 is 2.05 bits per heavy atom. The molecule has 0 radical (unpaired) electrons. The van der Waals surface area contributed by atoms with E-state index in [0.29, 0.717) is 11.6 Å². The molecular weight excluding hydrogens is 242 g/mol. The van der Waals surface area contributed by atoms with Crippen LogP contribution in [0.2, 0.25) is 0 Å². The first-order chi connectivity index (χ1) is 8.95. The van der Waals surface area contributed by atoms with Crippen LogP contribution in [0.5, 0.6) is 0 Å². The van der Waals surface area contributed by atoms with E-state index in [-0.39, 0.29) is 24.8 Å². The Bertz CT molecular complexity index is 489. The van der Waals surface area contributed by atoms with E-state index < -0.39 is 0 Å². The molecule has 1 fully saturated rings. The first-order valence-electron chi connectivity index (χ1n) is 6.63. The van der Waals surface area contributed by atoms with Gasteiger partial charge < -0.3 is 10.3 Å². The van der Waals surface area contributed by atoms with Crippen molar-refractivity contribution in [3.63, 3.8) is 0 Å². The van der Waals surface area contributed by atoms with Crippen LogP contribution in [0.1, 0.15) is 34.6 Å². The number of carbonyl (C=O) groups is 2. The number of aromatic nitrogens is 1. The summed E-state index contributed by atoms with van der Waals surface area (Å²) in [5.41, 5.74) is 2.58. The van der Waals surface area contributed by atoms with Gasteiger partial charge in [-0.1, -0.05) is 0 Å². The molecule has 2 N–H and O–H groups in total. The highest BCUT2D eigenvalue weighted by Crippen LogP contribution is 2.18. The largest absolute Gasteiger partial charge is 0.362 e. The minimum Gasteiger partial charge on any atom is -0.362 e. The van der Waals surface area contributed by atoms with E-state index in [1.807, 2.05) is 19.9 Å². The topological polar surface area (TPSA) is 65.2 Å². The normalized spacial score (nSPS) is 14.7. The number of aromatic amines is 1. The Hall–Kier alpha value is -1.62. The van der Waals surface area contributed by atoms with Crippen molar-refractivity contribution in [1.82, 2.24) is 15.2 Å². The predicted molar refractivity (Wildman–Crippen MR) is 73.3 cm³/mol. The fourth-order valence-corrected chi connectivity index (χ4v) is 2.15. The summed E-state index contributed by atoms with van der Waals surface area (Å²) in [4.78, 5) is 28.6. The molecule has 2 rings (SSSR count). The molecule has 104 valence electrons. The van der Waals surface area contributed by atoms with Crippen LogP contribution in [-0.2, 0) is 4.79 Å². The summed E-state index contributed by atoms with van der Waals surface area (Å²) in [5.74, 6) is 0.0448. The Morgan fingerprint density at radius 3 is 2.58 bits per heavy atom. The molecule has 1 heterocycles. The van der Waals surface area contributed by atoms with Gasteiger partial charge in [0.05, 0.1) is 13.1 Å². The van der Waals surface area contributed by atoms with Crippen molar-refractivity contribution in [2.45, 2.75) is 32.7 Å². The summed E-state index contributed by atoms with van der Waals surface area (Å²) < 4.78 is 0. The number of H-pyrrole nitrogens is 1. The number of carbonyl (C=O) groups excluding carboxylic acids is 2. The number of Topliss-reactive ketones (excluding diaryl/α,β-unsaturated/α-hetero) is 1. The van der Waals surface area contributed by atoms with Gasteiger partial charge in [0.25, 0.3) is 0 Å². The maximum atomic E-state index is 12.1. The lowest BCUT2D eigenvalue weighted by Crippen LogP contribution is -2.38. The number of amides is 1. The highest BCUT2D eigenvalue weighted by molar-refractivity contribution is 5.99. The van der Waals surface area contributed by atoms with Crippen molar-refractivity contribution in [1.29, 1.82) is 0 Å². The van der Waals surface area contributed by atoms with E-state index in [1.165, 1.54) is 0 Å². The van der Waals surface area contributed by atoms with Crippen LogP contribution in [-0.4, -0.2) is 47.8 Å². The van der Waals surface area contributed by atoms with Crippen molar-refractivity contribution in [3.8, 4) is 0 Å². The molecule has 1 aromatic rings. The Balaban J connectivity index is 1.83. The van der Waals surface area contributed by atoms with E-state index in [1.54, 1.807) is 11.9 Å². The molecule has 0 unspecified atom stereocenters. The zero-order chi connectivity index (χ0) is 14.0. The second-order valence-electron chi connectivity index (χ2n) is 5.43. The van der Waals surface area contributed by atoms with Crippen molar-refractivity contribution < 1.29 is 9.59 Å². The third kappa shape index (κ3) is 3.92. The summed E-state index contributed by atoms with van der Waals surface area (Å²) in [6.45, 7) is 4.34. The Kier molecular flexibility index (Phi) is 4.04. The standard InChI is InChI=1S/C14H21N3O2/c1-9-6-12(10(2)15-9)13(18)7-17(3)8-14(19)16-11-4-5-11/h6,11,15H,4-5,7-8H2,1-3H3,(H,16,19). The summed E-state index contributed by atoms with van der Waals surface area (Å²) in [7, 11) is 1.79. The van der Waals surface area contributed by atoms with Gasteiger partial charge in [0, 0.05) is 23.0 Å². The summed E-state index contributed by atoms with van der Waals surface area (Å²) in [6, 6.07) is 2.22. The maximum absolute atomic E-state index is 12.1. The average molecular weight is 263 g/mol. The van der Waals surface area contributed by atoms with E-state index in [0.717, 1.165) is 24.2 Å². The van der Waals surface area contributed by atoms with Gasteiger partial charge in [0.1, 0.15) is 0 Å². The van der Waals surface area contributed by atoms with Crippen molar-refractivity contribution in [3.05, 3.63) is 23.0 Å². The molecule has 0 spiro atoms. The van der Waals surface area contributed by atoms with E-state index in [2.05, 4.69) is 10.3 Å². The van der Waals surface area contributed by atoms with Crippen LogP contribution in [0.3, 0.4) is 0 Å². The van der Waals surface area contributed by atoms with Crippen LogP contribution in [0.25, 0.3) is 0 Å². The van der Waals surface area contributed by atoms with E-state index >= 15 is 0 Å². The van der Waals surface area contributed by atoms with Gasteiger partial charge in [-0.25, -0.2) is 0 Å². The zero-order valence-electron chi connectivity index (χ0n) is 11.7. The second-order valence-corrected chi connectivity index (χ2v) is 5.43. The van der Waals surface area contributed by atoms with Crippen LogP contribution in [0, 0.1) is 13.8 Å². The molecule has 1 aliphatic carbocycles. The predicted octanol–water partition coefficient (Wildman–Crippen LogP) is 1.02. The number of hydrogen-bond acceptors (Lipinski definition) is 3. The van der Waals surface area contributed by atoms with Crippen LogP contribution >= 0.6 is 0 Å². The molecule has 1 aromatic heterocycles. The minimum absolute atomic E-state index is 0.000212. The van der Waals surface area contributed by atoms with Gasteiger partial charge in [0.2, 0.25) is 5.91 Å². The van der Waals surface area contributed by atoms with Gasteiger partial charge in [-0.15, -0.1) is 0 Å². The van der Waals surface area contributed by atoms with Crippen molar-refractivity contribution >= 4 is 11.7 Å². The van der Waals surface area contributed by atoms with Gasteiger partial charge in [-0.2, -0.15) is 0 Å². The highest BCUT2D eigenvalue weighted by atomic mass is 16.2. The first kappa shape index (κ1) is 13.8. The smallest absolute Gasteiger partial charge is 0.234 e. The Morgan fingerprint density at radius 1 is 1.37 bits per heavy atom. The van der Waals surface area contributed by atoms with Crippen molar-refractivity contribution in [2.75, 3.05) is 20.1 Å². The van der Waals surface area contributed by atoms with Crippen LogP contribution in [0.4, 0.5) is 0 Å². The second kappa shape index (κ2) is 5.57. The molecule has 5 heteroatoms. The SMILES string of the molecule is Cc1cc(C(=O)CN(C)CC(=O)NC2CC2)c(C)[nH]1. The summed E-state index contributed by atoms with van der Waals surface area (Å²) in [6.07, 6.45) is 2.16. The molecule has 1 saturated carbocycles. The van der Waals surface area contributed by atoms with Crippen LogP contribution < -0.4 is 5.32 Å². The molecule has 0 atom stereocenters. The number of nitrogens with zero attached hydrogens (tertiary/aromatic N) is 1. The Labute approximate surface area is 113 Å². The third-order valence-electron chi connectivity index (χ3n) is 3.22. The highest BCUT2D eigenvalue weighted by Gasteiger charge is 2.24. The number of ketones is 1. The van der Waals surface area contributed by atoms with Gasteiger partial charge in [0.15, 0.2) is 5.78 Å². The molecule has 5 nitrogen and oxygen atoms in total. The molecule has 1 aliphatic rings. The summed E-state index contributed by atoms with van der Waals surface area (Å²) >= 11 is 0. The summed E-state index contributed by atoms with van der Waals surface area (Å²) in [5, 5.41) is 2.92. The van der Waals surface area contributed by atoms with Gasteiger partial charge in [-0.3, -0.25) is 14.5 Å². The lowest BCUT2D eigenvalue weighted by atomic mass is 10.1. The molecule has 19 heavy (non-hydrogen) atoms. The first-order valence-corrected chi connectivity index (χ1v) is 6.63. The third-order valence-corrected chi connectivity index (χ3v) is 3.22.